The van der Waals surface area contributed by atoms with Crippen molar-refractivity contribution in [2.24, 2.45) is 0 Å². The van der Waals surface area contributed by atoms with Gasteiger partial charge in [-0.05, 0) is 30.3 Å². The summed E-state index contributed by atoms with van der Waals surface area (Å²) in [5, 5.41) is 3.51. The summed E-state index contributed by atoms with van der Waals surface area (Å²) in [5.74, 6) is -0.582. The molecule has 0 fully saturated rings. The Labute approximate surface area is 115 Å². The monoisotopic (exact) mass is 266 g/mol. The SMILES string of the molecule is O=C(Nc1ccccc1)c1cnc2cc(F)ccc2c1. The Morgan fingerprint density at radius 3 is 2.65 bits per heavy atom. The van der Waals surface area contributed by atoms with Crippen LogP contribution in [-0.4, -0.2) is 10.9 Å². The highest BCUT2D eigenvalue weighted by Crippen LogP contribution is 2.16. The van der Waals surface area contributed by atoms with E-state index in [2.05, 4.69) is 10.3 Å². The van der Waals surface area contributed by atoms with Gasteiger partial charge in [0.05, 0.1) is 11.1 Å². The summed E-state index contributed by atoms with van der Waals surface area (Å²) in [6, 6.07) is 15.2. The number of fused-ring (bicyclic) bond motifs is 1. The molecule has 0 saturated carbocycles. The molecule has 1 aromatic heterocycles. The first-order valence-corrected chi connectivity index (χ1v) is 6.14. The zero-order valence-corrected chi connectivity index (χ0v) is 10.5. The number of aromatic nitrogens is 1. The van der Waals surface area contributed by atoms with E-state index in [0.717, 1.165) is 11.1 Å². The van der Waals surface area contributed by atoms with Gasteiger partial charge in [0.15, 0.2) is 0 Å². The van der Waals surface area contributed by atoms with Crippen molar-refractivity contribution in [2.45, 2.75) is 0 Å². The van der Waals surface area contributed by atoms with Crippen molar-refractivity contribution in [3.05, 3.63) is 72.2 Å². The number of rotatable bonds is 2. The fourth-order valence-electron chi connectivity index (χ4n) is 1.94. The molecule has 1 amide bonds. The number of carbonyl (C=O) groups is 1. The minimum absolute atomic E-state index is 0.241. The molecule has 0 atom stereocenters. The summed E-state index contributed by atoms with van der Waals surface area (Å²) < 4.78 is 13.1. The molecule has 98 valence electrons. The number of para-hydroxylation sites is 1. The van der Waals surface area contributed by atoms with E-state index in [4.69, 9.17) is 0 Å². The lowest BCUT2D eigenvalue weighted by atomic mass is 10.1. The van der Waals surface area contributed by atoms with E-state index in [9.17, 15) is 9.18 Å². The average Bonchev–Trinajstić information content (AvgIpc) is 2.47. The fourth-order valence-corrected chi connectivity index (χ4v) is 1.94. The molecule has 3 rings (SSSR count). The maximum atomic E-state index is 13.1. The van der Waals surface area contributed by atoms with E-state index in [1.165, 1.54) is 18.3 Å². The average molecular weight is 266 g/mol. The van der Waals surface area contributed by atoms with Gasteiger partial charge in [-0.2, -0.15) is 0 Å². The fraction of sp³-hybridized carbons (Fsp3) is 0. The molecule has 0 spiro atoms. The smallest absolute Gasteiger partial charge is 0.257 e. The van der Waals surface area contributed by atoms with Gasteiger partial charge < -0.3 is 5.32 Å². The Morgan fingerprint density at radius 2 is 1.85 bits per heavy atom. The summed E-state index contributed by atoms with van der Waals surface area (Å²) in [4.78, 5) is 16.2. The molecule has 0 bridgehead atoms. The summed E-state index contributed by atoms with van der Waals surface area (Å²) in [6.45, 7) is 0. The van der Waals surface area contributed by atoms with Gasteiger partial charge in [0.2, 0.25) is 0 Å². The van der Waals surface area contributed by atoms with Gasteiger partial charge in [0.1, 0.15) is 5.82 Å². The summed E-state index contributed by atoms with van der Waals surface area (Å²) >= 11 is 0. The molecule has 1 heterocycles. The maximum absolute atomic E-state index is 13.1. The third-order valence-electron chi connectivity index (χ3n) is 2.94. The second-order valence-corrected chi connectivity index (χ2v) is 4.38. The topological polar surface area (TPSA) is 42.0 Å². The van der Waals surface area contributed by atoms with Crippen LogP contribution in [0.25, 0.3) is 10.9 Å². The van der Waals surface area contributed by atoms with E-state index in [0.29, 0.717) is 11.1 Å². The van der Waals surface area contributed by atoms with E-state index >= 15 is 0 Å². The molecule has 1 N–H and O–H groups in total. The highest BCUT2D eigenvalue weighted by molar-refractivity contribution is 6.05. The van der Waals surface area contributed by atoms with Gasteiger partial charge in [-0.15, -0.1) is 0 Å². The van der Waals surface area contributed by atoms with Crippen molar-refractivity contribution < 1.29 is 9.18 Å². The molecule has 4 heteroatoms. The number of halogens is 1. The number of amides is 1. The first-order valence-electron chi connectivity index (χ1n) is 6.14. The van der Waals surface area contributed by atoms with E-state index in [1.54, 1.807) is 12.1 Å². The predicted molar refractivity (Wildman–Crippen MR) is 76.1 cm³/mol. The van der Waals surface area contributed by atoms with Crippen molar-refractivity contribution in [3.8, 4) is 0 Å². The lowest BCUT2D eigenvalue weighted by Gasteiger charge is -2.05. The number of anilines is 1. The van der Waals surface area contributed by atoms with Crippen LogP contribution >= 0.6 is 0 Å². The summed E-state index contributed by atoms with van der Waals surface area (Å²) in [7, 11) is 0. The summed E-state index contributed by atoms with van der Waals surface area (Å²) in [5.41, 5.74) is 1.69. The van der Waals surface area contributed by atoms with Crippen LogP contribution in [0.3, 0.4) is 0 Å². The van der Waals surface area contributed by atoms with E-state index < -0.39 is 0 Å². The number of nitrogens with zero attached hydrogens (tertiary/aromatic N) is 1. The van der Waals surface area contributed by atoms with Crippen molar-refractivity contribution in [3.63, 3.8) is 0 Å². The lowest BCUT2D eigenvalue weighted by molar-refractivity contribution is 0.102. The van der Waals surface area contributed by atoms with Crippen LogP contribution < -0.4 is 5.32 Å². The molecule has 0 saturated heterocycles. The van der Waals surface area contributed by atoms with Crippen molar-refractivity contribution >= 4 is 22.5 Å². The molecule has 0 aliphatic heterocycles. The molecule has 0 radical (unpaired) electrons. The zero-order valence-electron chi connectivity index (χ0n) is 10.5. The van der Waals surface area contributed by atoms with Crippen LogP contribution in [0, 0.1) is 5.82 Å². The first kappa shape index (κ1) is 12.3. The normalized spacial score (nSPS) is 10.4. The lowest BCUT2D eigenvalue weighted by Crippen LogP contribution is -2.12. The highest BCUT2D eigenvalue weighted by atomic mass is 19.1. The molecule has 20 heavy (non-hydrogen) atoms. The molecule has 0 aliphatic rings. The Morgan fingerprint density at radius 1 is 1.05 bits per heavy atom. The second-order valence-electron chi connectivity index (χ2n) is 4.38. The Bertz CT molecular complexity index is 772. The largest absolute Gasteiger partial charge is 0.322 e. The number of nitrogens with one attached hydrogen (secondary N) is 1. The molecule has 3 nitrogen and oxygen atoms in total. The van der Waals surface area contributed by atoms with Crippen LogP contribution in [-0.2, 0) is 0 Å². The standard InChI is InChI=1S/C16H11FN2O/c17-13-7-6-11-8-12(10-18-15(11)9-13)16(20)19-14-4-2-1-3-5-14/h1-10H,(H,19,20). The van der Waals surface area contributed by atoms with Crippen molar-refractivity contribution in [2.75, 3.05) is 5.32 Å². The Balaban J connectivity index is 1.90. The van der Waals surface area contributed by atoms with E-state index in [-0.39, 0.29) is 11.7 Å². The van der Waals surface area contributed by atoms with E-state index in [1.807, 2.05) is 30.3 Å². The Kier molecular flexibility index (Phi) is 3.13. The first-order chi connectivity index (χ1) is 9.72. The van der Waals surface area contributed by atoms with Gasteiger partial charge in [0.25, 0.3) is 5.91 Å². The number of hydrogen-bond donors (Lipinski definition) is 1. The zero-order chi connectivity index (χ0) is 13.9. The summed E-state index contributed by atoms with van der Waals surface area (Å²) in [6.07, 6.45) is 1.44. The molecular formula is C16H11FN2O. The van der Waals surface area contributed by atoms with Crippen LogP contribution in [0.2, 0.25) is 0 Å². The van der Waals surface area contributed by atoms with Crippen molar-refractivity contribution in [1.29, 1.82) is 0 Å². The number of pyridine rings is 1. The molecule has 3 aromatic rings. The Hall–Kier alpha value is -2.75. The minimum atomic E-state index is -0.341. The van der Waals surface area contributed by atoms with Crippen LogP contribution in [0.5, 0.6) is 0 Å². The van der Waals surface area contributed by atoms with Gasteiger partial charge in [-0.25, -0.2) is 4.39 Å². The van der Waals surface area contributed by atoms with Gasteiger partial charge >= 0.3 is 0 Å². The number of benzene rings is 2. The molecular weight excluding hydrogens is 255 g/mol. The third kappa shape index (κ3) is 2.49. The predicted octanol–water partition coefficient (Wildman–Crippen LogP) is 3.63. The van der Waals surface area contributed by atoms with Crippen LogP contribution in [0.15, 0.2) is 60.8 Å². The van der Waals surface area contributed by atoms with Crippen LogP contribution in [0.4, 0.5) is 10.1 Å². The molecule has 0 unspecified atom stereocenters. The van der Waals surface area contributed by atoms with Gasteiger partial charge in [-0.1, -0.05) is 18.2 Å². The number of hydrogen-bond acceptors (Lipinski definition) is 2. The second kappa shape index (κ2) is 5.09. The molecule has 2 aromatic carbocycles. The molecule has 0 aliphatic carbocycles. The maximum Gasteiger partial charge on any atom is 0.257 e. The van der Waals surface area contributed by atoms with Crippen LogP contribution in [0.1, 0.15) is 10.4 Å². The number of carbonyl (C=O) groups excluding carboxylic acids is 1. The van der Waals surface area contributed by atoms with Gasteiger partial charge in [0, 0.05) is 23.3 Å². The van der Waals surface area contributed by atoms with Gasteiger partial charge in [-0.3, -0.25) is 9.78 Å². The third-order valence-corrected chi connectivity index (χ3v) is 2.94. The quantitative estimate of drug-likeness (QED) is 0.769. The minimum Gasteiger partial charge on any atom is -0.322 e. The highest BCUT2D eigenvalue weighted by Gasteiger charge is 2.08. The van der Waals surface area contributed by atoms with Crippen molar-refractivity contribution in [1.82, 2.24) is 4.98 Å².